The van der Waals surface area contributed by atoms with E-state index in [1.54, 1.807) is 17.4 Å². The third-order valence-corrected chi connectivity index (χ3v) is 6.49. The first-order chi connectivity index (χ1) is 9.86. The van der Waals surface area contributed by atoms with Crippen LogP contribution in [0.2, 0.25) is 0 Å². The van der Waals surface area contributed by atoms with Gasteiger partial charge in [-0.1, -0.05) is 0 Å². The Hall–Kier alpha value is -0.410. The highest BCUT2D eigenvalue weighted by molar-refractivity contribution is 9.10. The van der Waals surface area contributed by atoms with Crippen LogP contribution in [0.1, 0.15) is 18.6 Å². The van der Waals surface area contributed by atoms with Gasteiger partial charge in [-0.05, 0) is 49.9 Å². The molecule has 1 N–H and O–H groups in total. The molecular formula is C13H22BrN3O3S. The first-order valence-electron chi connectivity index (χ1n) is 6.95. The van der Waals surface area contributed by atoms with Crippen LogP contribution < -0.4 is 5.32 Å². The first-order valence-corrected chi connectivity index (χ1v) is 9.19. The predicted molar refractivity (Wildman–Crippen MR) is 84.6 cm³/mol. The van der Waals surface area contributed by atoms with Crippen LogP contribution in [-0.2, 0) is 16.6 Å². The Morgan fingerprint density at radius 1 is 1.52 bits per heavy atom. The number of likely N-dealkylation sites (N-methyl/N-ethyl adjacent to an activating group) is 1. The van der Waals surface area contributed by atoms with Gasteiger partial charge in [0.15, 0.2) is 4.67 Å². The summed E-state index contributed by atoms with van der Waals surface area (Å²) in [6.45, 7) is 1.58. The van der Waals surface area contributed by atoms with Crippen molar-refractivity contribution >= 4 is 26.0 Å². The molecule has 2 heterocycles. The van der Waals surface area contributed by atoms with Crippen molar-refractivity contribution in [3.63, 3.8) is 0 Å². The molecule has 8 heteroatoms. The molecular weight excluding hydrogens is 358 g/mol. The molecule has 0 aliphatic carbocycles. The topological polar surface area (TPSA) is 65.8 Å². The molecule has 0 saturated carbocycles. The number of furan rings is 1. The van der Waals surface area contributed by atoms with Crippen molar-refractivity contribution in [3.8, 4) is 0 Å². The van der Waals surface area contributed by atoms with Crippen LogP contribution >= 0.6 is 15.9 Å². The third kappa shape index (κ3) is 3.68. The van der Waals surface area contributed by atoms with Crippen LogP contribution in [-0.4, -0.2) is 57.9 Å². The highest BCUT2D eigenvalue weighted by atomic mass is 79.9. The quantitative estimate of drug-likeness (QED) is 0.838. The lowest BCUT2D eigenvalue weighted by atomic mass is 10.1. The van der Waals surface area contributed by atoms with Crippen LogP contribution in [0.15, 0.2) is 20.0 Å². The Balaban J connectivity index is 2.25. The van der Waals surface area contributed by atoms with Crippen molar-refractivity contribution in [3.05, 3.63) is 16.5 Å². The fraction of sp³-hybridized carbons (Fsp3) is 0.692. The molecule has 0 radical (unpaired) electrons. The number of hydrogen-bond acceptors (Lipinski definition) is 5. The van der Waals surface area contributed by atoms with Gasteiger partial charge in [-0.15, -0.1) is 0 Å². The molecule has 6 nitrogen and oxygen atoms in total. The van der Waals surface area contributed by atoms with Gasteiger partial charge in [-0.25, -0.2) is 8.42 Å². The fourth-order valence-electron chi connectivity index (χ4n) is 2.53. The van der Waals surface area contributed by atoms with Gasteiger partial charge in [0.2, 0.25) is 10.0 Å². The maximum atomic E-state index is 12.8. The second-order valence-corrected chi connectivity index (χ2v) is 8.13. The van der Waals surface area contributed by atoms with Crippen LogP contribution in [0.25, 0.3) is 0 Å². The zero-order chi connectivity index (χ0) is 15.6. The van der Waals surface area contributed by atoms with E-state index in [0.29, 0.717) is 25.4 Å². The van der Waals surface area contributed by atoms with Gasteiger partial charge in [0.05, 0.1) is 6.54 Å². The van der Waals surface area contributed by atoms with Gasteiger partial charge >= 0.3 is 0 Å². The van der Waals surface area contributed by atoms with Crippen molar-refractivity contribution in [1.82, 2.24) is 14.5 Å². The molecule has 1 saturated heterocycles. The van der Waals surface area contributed by atoms with E-state index in [0.717, 1.165) is 12.8 Å². The summed E-state index contributed by atoms with van der Waals surface area (Å²) in [5, 5.41) is 2.95. The highest BCUT2D eigenvalue weighted by Gasteiger charge is 2.33. The highest BCUT2D eigenvalue weighted by Crippen LogP contribution is 2.30. The summed E-state index contributed by atoms with van der Waals surface area (Å²) in [5.74, 6) is 0.601. The molecule has 0 spiro atoms. The molecule has 0 aromatic carbocycles. The van der Waals surface area contributed by atoms with Crippen LogP contribution in [0.5, 0.6) is 0 Å². The molecule has 1 aromatic heterocycles. The fourth-order valence-corrected chi connectivity index (χ4v) is 5.01. The lowest BCUT2D eigenvalue weighted by Gasteiger charge is -2.35. The minimum Gasteiger partial charge on any atom is -0.452 e. The number of nitrogens with zero attached hydrogens (tertiary/aromatic N) is 2. The Bertz CT molecular complexity index is 585. The summed E-state index contributed by atoms with van der Waals surface area (Å²) in [4.78, 5) is 2.30. The summed E-state index contributed by atoms with van der Waals surface area (Å²) >= 11 is 3.22. The molecule has 0 amide bonds. The number of sulfonamides is 1. The molecule has 0 bridgehead atoms. The van der Waals surface area contributed by atoms with Crippen molar-refractivity contribution in [2.75, 3.05) is 34.2 Å². The van der Waals surface area contributed by atoms with Crippen molar-refractivity contribution < 1.29 is 12.8 Å². The van der Waals surface area contributed by atoms with Gasteiger partial charge in [-0.2, -0.15) is 4.31 Å². The number of rotatable bonds is 5. The molecule has 1 atom stereocenters. The zero-order valence-corrected chi connectivity index (χ0v) is 15.0. The van der Waals surface area contributed by atoms with Gasteiger partial charge in [-0.3, -0.25) is 0 Å². The van der Waals surface area contributed by atoms with Crippen molar-refractivity contribution in [2.45, 2.75) is 30.3 Å². The number of nitrogens with one attached hydrogen (secondary N) is 1. The van der Waals surface area contributed by atoms with Crippen LogP contribution in [0.4, 0.5) is 0 Å². The first kappa shape index (κ1) is 17.0. The summed E-state index contributed by atoms with van der Waals surface area (Å²) in [7, 11) is 2.24. The monoisotopic (exact) mass is 379 g/mol. The van der Waals surface area contributed by atoms with E-state index < -0.39 is 10.0 Å². The molecule has 21 heavy (non-hydrogen) atoms. The second-order valence-electron chi connectivity index (χ2n) is 5.50. The molecule has 2 rings (SSSR count). The van der Waals surface area contributed by atoms with E-state index in [9.17, 15) is 8.42 Å². The van der Waals surface area contributed by atoms with E-state index in [1.165, 1.54) is 0 Å². The summed E-state index contributed by atoms with van der Waals surface area (Å²) in [5.41, 5.74) is 0. The van der Waals surface area contributed by atoms with Gasteiger partial charge in [0, 0.05) is 25.2 Å². The number of piperidine rings is 1. The largest absolute Gasteiger partial charge is 0.452 e. The Morgan fingerprint density at radius 2 is 2.24 bits per heavy atom. The minimum absolute atomic E-state index is 0.215. The standard InChI is InChI=1S/C13H22BrN3O3S/c1-15-8-11-7-12(13(14)20-11)21(18,19)17-6-4-5-10(9-17)16(2)3/h7,10,15H,4-6,8-9H2,1-3H3. The van der Waals surface area contributed by atoms with E-state index in [2.05, 4.69) is 26.1 Å². The van der Waals surface area contributed by atoms with E-state index in [4.69, 9.17) is 4.42 Å². The summed E-state index contributed by atoms with van der Waals surface area (Å²) < 4.78 is 32.9. The summed E-state index contributed by atoms with van der Waals surface area (Å²) in [6, 6.07) is 1.85. The van der Waals surface area contributed by atoms with E-state index in [-0.39, 0.29) is 15.6 Å². The minimum atomic E-state index is -3.52. The summed E-state index contributed by atoms with van der Waals surface area (Å²) in [6.07, 6.45) is 1.90. The smallest absolute Gasteiger partial charge is 0.247 e. The SMILES string of the molecule is CNCc1cc(S(=O)(=O)N2CCCC(N(C)C)C2)c(Br)o1. The van der Waals surface area contributed by atoms with Crippen LogP contribution in [0.3, 0.4) is 0 Å². The van der Waals surface area contributed by atoms with Gasteiger partial charge in [0.1, 0.15) is 10.7 Å². The second kappa shape index (κ2) is 6.78. The van der Waals surface area contributed by atoms with Crippen LogP contribution in [0, 0.1) is 0 Å². The van der Waals surface area contributed by atoms with Gasteiger partial charge < -0.3 is 14.6 Å². The average molecular weight is 380 g/mol. The van der Waals surface area contributed by atoms with Gasteiger partial charge in [0.25, 0.3) is 0 Å². The van der Waals surface area contributed by atoms with E-state index in [1.807, 2.05) is 14.1 Å². The lowest BCUT2D eigenvalue weighted by Crippen LogP contribution is -2.47. The molecule has 1 fully saturated rings. The third-order valence-electron chi connectivity index (χ3n) is 3.76. The van der Waals surface area contributed by atoms with E-state index >= 15 is 0 Å². The normalized spacial score (nSPS) is 21.1. The lowest BCUT2D eigenvalue weighted by molar-refractivity contribution is 0.190. The average Bonchev–Trinajstić information content (AvgIpc) is 2.81. The molecule has 120 valence electrons. The Kier molecular flexibility index (Phi) is 5.48. The van der Waals surface area contributed by atoms with Crippen molar-refractivity contribution in [2.24, 2.45) is 0 Å². The number of hydrogen-bond donors (Lipinski definition) is 1. The zero-order valence-electron chi connectivity index (χ0n) is 12.6. The maximum absolute atomic E-state index is 12.8. The maximum Gasteiger partial charge on any atom is 0.247 e. The Morgan fingerprint density at radius 3 is 2.86 bits per heavy atom. The number of halogens is 1. The predicted octanol–water partition coefficient (Wildman–Crippen LogP) is 1.48. The molecule has 1 aliphatic rings. The van der Waals surface area contributed by atoms with Crippen molar-refractivity contribution in [1.29, 1.82) is 0 Å². The Labute approximate surface area is 134 Å². The molecule has 1 aromatic rings. The molecule has 1 aliphatic heterocycles. The molecule has 1 unspecified atom stereocenters.